The molecule has 1 heterocycles. The van der Waals surface area contributed by atoms with Crippen molar-refractivity contribution in [3.05, 3.63) is 6.20 Å². The molecule has 2 N–H and O–H groups in total. The normalized spacial score (nSPS) is 28.3. The Morgan fingerprint density at radius 3 is 3.11 bits per heavy atom. The van der Waals surface area contributed by atoms with Crippen molar-refractivity contribution >= 4 is 5.82 Å². The first kappa shape index (κ1) is 13.3. The topological polar surface area (TPSA) is 63.0 Å². The smallest absolute Gasteiger partial charge is 0.145 e. The summed E-state index contributed by atoms with van der Waals surface area (Å²) >= 11 is 0. The second-order valence-electron chi connectivity index (χ2n) is 5.61. The van der Waals surface area contributed by atoms with Gasteiger partial charge < -0.3 is 10.4 Å². The first-order valence-electron chi connectivity index (χ1n) is 6.96. The predicted molar refractivity (Wildman–Crippen MR) is 71.4 cm³/mol. The number of hydrogen-bond donors (Lipinski definition) is 2. The van der Waals surface area contributed by atoms with Crippen molar-refractivity contribution in [3.8, 4) is 0 Å². The summed E-state index contributed by atoms with van der Waals surface area (Å²) in [4.78, 5) is 0. The van der Waals surface area contributed by atoms with Gasteiger partial charge in [-0.3, -0.25) is 0 Å². The van der Waals surface area contributed by atoms with E-state index in [1.165, 1.54) is 12.8 Å². The van der Waals surface area contributed by atoms with E-state index in [9.17, 15) is 5.11 Å². The van der Waals surface area contributed by atoms with Crippen LogP contribution in [0.2, 0.25) is 0 Å². The van der Waals surface area contributed by atoms with E-state index in [4.69, 9.17) is 0 Å². The summed E-state index contributed by atoms with van der Waals surface area (Å²) in [5.41, 5.74) is -0.190. The lowest BCUT2D eigenvalue weighted by Crippen LogP contribution is -2.46. The van der Waals surface area contributed by atoms with Gasteiger partial charge in [0.05, 0.1) is 18.3 Å². The third kappa shape index (κ3) is 2.83. The first-order chi connectivity index (χ1) is 8.69. The van der Waals surface area contributed by atoms with Gasteiger partial charge in [0.1, 0.15) is 5.82 Å². The summed E-state index contributed by atoms with van der Waals surface area (Å²) < 4.78 is 1.89. The van der Waals surface area contributed by atoms with Crippen LogP contribution in [0.25, 0.3) is 0 Å². The molecule has 0 saturated heterocycles. The molecule has 0 amide bonds. The molecule has 5 nitrogen and oxygen atoms in total. The van der Waals surface area contributed by atoms with Crippen LogP contribution in [0, 0.1) is 5.92 Å². The molecule has 0 bridgehead atoms. The fourth-order valence-corrected chi connectivity index (χ4v) is 2.96. The molecule has 1 aliphatic rings. The predicted octanol–water partition coefficient (Wildman–Crippen LogP) is 2.04. The highest BCUT2D eigenvalue weighted by Crippen LogP contribution is 2.34. The average molecular weight is 252 g/mol. The molecular weight excluding hydrogens is 228 g/mol. The van der Waals surface area contributed by atoms with Crippen LogP contribution in [-0.4, -0.2) is 32.2 Å². The van der Waals surface area contributed by atoms with Crippen LogP contribution in [0.1, 0.15) is 46.0 Å². The third-order valence-corrected chi connectivity index (χ3v) is 3.84. The Morgan fingerprint density at radius 2 is 2.44 bits per heavy atom. The van der Waals surface area contributed by atoms with E-state index in [1.54, 1.807) is 6.20 Å². The number of nitrogens with zero attached hydrogens (tertiary/aromatic N) is 3. The summed E-state index contributed by atoms with van der Waals surface area (Å²) in [6, 6.07) is 0. The lowest BCUT2D eigenvalue weighted by atomic mass is 9.77. The molecule has 102 valence electrons. The van der Waals surface area contributed by atoms with Crippen LogP contribution in [0.15, 0.2) is 6.20 Å². The molecule has 1 fully saturated rings. The Labute approximate surface area is 109 Å². The molecule has 18 heavy (non-hydrogen) atoms. The van der Waals surface area contributed by atoms with Crippen molar-refractivity contribution in [2.75, 3.05) is 11.9 Å². The highest BCUT2D eigenvalue weighted by atomic mass is 16.3. The van der Waals surface area contributed by atoms with Gasteiger partial charge in [-0.2, -0.15) is 0 Å². The van der Waals surface area contributed by atoms with E-state index in [0.717, 1.165) is 31.6 Å². The van der Waals surface area contributed by atoms with E-state index in [2.05, 4.69) is 29.5 Å². The number of rotatable bonds is 5. The van der Waals surface area contributed by atoms with Gasteiger partial charge in [-0.1, -0.05) is 31.9 Å². The molecule has 1 aromatic rings. The van der Waals surface area contributed by atoms with E-state index >= 15 is 0 Å². The molecule has 0 aromatic carbocycles. The van der Waals surface area contributed by atoms with Crippen LogP contribution < -0.4 is 5.32 Å². The minimum Gasteiger partial charge on any atom is -0.394 e. The summed E-state index contributed by atoms with van der Waals surface area (Å²) in [5.74, 6) is 1.59. The fraction of sp³-hybridized carbons (Fsp3) is 0.846. The first-order valence-corrected chi connectivity index (χ1v) is 6.96. The Bertz CT molecular complexity index is 379. The number of anilines is 1. The SMILES string of the molecule is CCCn1nncc1NC1(CO)CCCC(C)C1. The molecule has 0 spiro atoms. The highest BCUT2D eigenvalue weighted by Gasteiger charge is 2.35. The standard InChI is InChI=1S/C13H24N4O/c1-3-7-17-12(9-14-16-17)15-13(10-18)6-4-5-11(2)8-13/h9,11,15,18H,3-8,10H2,1-2H3. The summed E-state index contributed by atoms with van der Waals surface area (Å²) in [6.45, 7) is 5.41. The van der Waals surface area contributed by atoms with E-state index in [-0.39, 0.29) is 12.1 Å². The molecule has 2 unspecified atom stereocenters. The molecule has 0 aliphatic heterocycles. The number of aliphatic hydroxyl groups excluding tert-OH is 1. The summed E-state index contributed by atoms with van der Waals surface area (Å²) in [7, 11) is 0. The van der Waals surface area contributed by atoms with Crippen molar-refractivity contribution in [2.24, 2.45) is 5.92 Å². The number of aryl methyl sites for hydroxylation is 1. The van der Waals surface area contributed by atoms with Crippen LogP contribution in [0.4, 0.5) is 5.82 Å². The average Bonchev–Trinajstić information content (AvgIpc) is 2.77. The van der Waals surface area contributed by atoms with Crippen molar-refractivity contribution in [3.63, 3.8) is 0 Å². The Balaban J connectivity index is 2.11. The van der Waals surface area contributed by atoms with Crippen molar-refractivity contribution in [1.82, 2.24) is 15.0 Å². The lowest BCUT2D eigenvalue weighted by Gasteiger charge is -2.39. The Morgan fingerprint density at radius 1 is 1.61 bits per heavy atom. The van der Waals surface area contributed by atoms with Gasteiger partial charge in [0.25, 0.3) is 0 Å². The highest BCUT2D eigenvalue weighted by molar-refractivity contribution is 5.36. The zero-order valence-electron chi connectivity index (χ0n) is 11.4. The van der Waals surface area contributed by atoms with Gasteiger partial charge >= 0.3 is 0 Å². The quantitative estimate of drug-likeness (QED) is 0.842. The maximum absolute atomic E-state index is 9.77. The maximum Gasteiger partial charge on any atom is 0.145 e. The third-order valence-electron chi connectivity index (χ3n) is 3.84. The molecule has 1 aliphatic carbocycles. The molecule has 1 saturated carbocycles. The summed E-state index contributed by atoms with van der Waals surface area (Å²) in [5, 5.41) is 21.3. The van der Waals surface area contributed by atoms with Gasteiger partial charge in [0, 0.05) is 6.54 Å². The van der Waals surface area contributed by atoms with Gasteiger partial charge in [-0.25, -0.2) is 4.68 Å². The number of aromatic nitrogens is 3. The van der Waals surface area contributed by atoms with Crippen LogP contribution >= 0.6 is 0 Å². The van der Waals surface area contributed by atoms with Crippen molar-refractivity contribution < 1.29 is 5.11 Å². The second-order valence-corrected chi connectivity index (χ2v) is 5.61. The van der Waals surface area contributed by atoms with Gasteiger partial charge in [-0.05, 0) is 25.2 Å². The zero-order valence-corrected chi connectivity index (χ0v) is 11.4. The Hall–Kier alpha value is -1.10. The van der Waals surface area contributed by atoms with E-state index in [0.29, 0.717) is 5.92 Å². The molecule has 2 atom stereocenters. The minimum absolute atomic E-state index is 0.175. The molecular formula is C13H24N4O. The van der Waals surface area contributed by atoms with Gasteiger partial charge in [0.15, 0.2) is 0 Å². The van der Waals surface area contributed by atoms with Crippen LogP contribution in [-0.2, 0) is 6.54 Å². The zero-order chi connectivity index (χ0) is 13.0. The van der Waals surface area contributed by atoms with Crippen molar-refractivity contribution in [1.29, 1.82) is 0 Å². The number of nitrogens with one attached hydrogen (secondary N) is 1. The van der Waals surface area contributed by atoms with E-state index in [1.807, 2.05) is 4.68 Å². The van der Waals surface area contributed by atoms with Gasteiger partial charge in [-0.15, -0.1) is 5.10 Å². The molecule has 1 aromatic heterocycles. The molecule has 5 heteroatoms. The van der Waals surface area contributed by atoms with Crippen LogP contribution in [0.5, 0.6) is 0 Å². The second kappa shape index (κ2) is 5.69. The van der Waals surface area contributed by atoms with Gasteiger partial charge in [0.2, 0.25) is 0 Å². The largest absolute Gasteiger partial charge is 0.394 e. The number of hydrogen-bond acceptors (Lipinski definition) is 4. The molecule has 2 rings (SSSR count). The molecule has 0 radical (unpaired) electrons. The number of aliphatic hydroxyl groups is 1. The van der Waals surface area contributed by atoms with Crippen molar-refractivity contribution in [2.45, 2.75) is 58.0 Å². The minimum atomic E-state index is -0.190. The van der Waals surface area contributed by atoms with Crippen LogP contribution in [0.3, 0.4) is 0 Å². The summed E-state index contributed by atoms with van der Waals surface area (Å²) in [6.07, 6.45) is 7.25. The monoisotopic (exact) mass is 252 g/mol. The lowest BCUT2D eigenvalue weighted by molar-refractivity contribution is 0.149. The fourth-order valence-electron chi connectivity index (χ4n) is 2.96. The van der Waals surface area contributed by atoms with E-state index < -0.39 is 0 Å². The Kier molecular flexibility index (Phi) is 4.22. The maximum atomic E-state index is 9.77.